The third kappa shape index (κ3) is 4.68. The second kappa shape index (κ2) is 6.62. The van der Waals surface area contributed by atoms with Crippen LogP contribution < -0.4 is 4.52 Å². The van der Waals surface area contributed by atoms with Gasteiger partial charge in [-0.05, 0) is 31.2 Å². The van der Waals surface area contributed by atoms with E-state index in [2.05, 4.69) is 4.18 Å². The molecular formula is C14H15O6PS. The van der Waals surface area contributed by atoms with Gasteiger partial charge in [-0.15, -0.1) is 0 Å². The number of aryl methyl sites for hydroxylation is 1. The summed E-state index contributed by atoms with van der Waals surface area (Å²) in [5, 5.41) is 0. The van der Waals surface area contributed by atoms with Crippen LogP contribution in [0.3, 0.4) is 0 Å². The first-order chi connectivity index (χ1) is 10.3. The molecule has 6 nitrogen and oxygen atoms in total. The van der Waals surface area contributed by atoms with Gasteiger partial charge in [-0.3, -0.25) is 4.18 Å². The summed E-state index contributed by atoms with van der Waals surface area (Å²) in [7, 11) is -8.36. The first kappa shape index (κ1) is 16.7. The molecule has 0 fully saturated rings. The van der Waals surface area contributed by atoms with E-state index in [1.54, 1.807) is 30.3 Å². The molecule has 0 saturated carbocycles. The summed E-state index contributed by atoms with van der Waals surface area (Å²) in [4.78, 5) is 9.58. The van der Waals surface area contributed by atoms with Gasteiger partial charge in [-0.2, -0.15) is 8.42 Å². The molecule has 2 rings (SSSR count). The quantitative estimate of drug-likeness (QED) is 0.641. The maximum Gasteiger partial charge on any atom is 0.403 e. The van der Waals surface area contributed by atoms with Crippen LogP contribution in [0.25, 0.3) is 0 Å². The lowest BCUT2D eigenvalue weighted by atomic mass is 10.2. The Labute approximate surface area is 129 Å². The summed E-state index contributed by atoms with van der Waals surface area (Å²) >= 11 is 0. The molecule has 8 heteroatoms. The van der Waals surface area contributed by atoms with Gasteiger partial charge in [0.25, 0.3) is 10.1 Å². The molecule has 0 bridgehead atoms. The van der Waals surface area contributed by atoms with Crippen LogP contribution in [0.4, 0.5) is 0 Å². The van der Waals surface area contributed by atoms with Crippen LogP contribution in [0.15, 0.2) is 59.5 Å². The lowest BCUT2D eigenvalue weighted by Gasteiger charge is -2.13. The molecule has 0 amide bonds. The van der Waals surface area contributed by atoms with Crippen LogP contribution in [-0.2, 0) is 18.9 Å². The van der Waals surface area contributed by atoms with Gasteiger partial charge in [0, 0.05) is 0 Å². The second-order valence-electron chi connectivity index (χ2n) is 4.56. The maximum absolute atomic E-state index is 11.9. The lowest BCUT2D eigenvalue weighted by Crippen LogP contribution is -2.10. The Balaban J connectivity index is 2.04. The van der Waals surface area contributed by atoms with E-state index in [0.29, 0.717) is 0 Å². The van der Waals surface area contributed by atoms with E-state index in [1.165, 1.54) is 24.3 Å². The summed E-state index contributed by atoms with van der Waals surface area (Å²) in [6, 6.07) is 13.9. The van der Waals surface area contributed by atoms with Crippen LogP contribution in [0.2, 0.25) is 0 Å². The standard InChI is InChI=1S/C14H15O6PS/c1-12-7-9-14(10-8-12)22(17,18)19-11-21(15,16)20-13-5-3-2-4-6-13/h2-10H,11H2,1H3,(H,15,16). The van der Waals surface area contributed by atoms with Gasteiger partial charge in [0.1, 0.15) is 5.75 Å². The van der Waals surface area contributed by atoms with Gasteiger partial charge < -0.3 is 9.42 Å². The van der Waals surface area contributed by atoms with E-state index in [4.69, 9.17) is 4.52 Å². The van der Waals surface area contributed by atoms with E-state index in [1.807, 2.05) is 6.92 Å². The average molecular weight is 342 g/mol. The largest absolute Gasteiger partial charge is 0.423 e. The van der Waals surface area contributed by atoms with Crippen molar-refractivity contribution in [3.8, 4) is 5.75 Å². The van der Waals surface area contributed by atoms with Crippen molar-refractivity contribution in [2.75, 3.05) is 6.35 Å². The molecule has 2 aromatic carbocycles. The molecule has 0 aliphatic rings. The highest BCUT2D eigenvalue weighted by Crippen LogP contribution is 2.43. The molecule has 0 heterocycles. The van der Waals surface area contributed by atoms with E-state index < -0.39 is 24.1 Å². The number of rotatable bonds is 6. The summed E-state index contributed by atoms with van der Waals surface area (Å²) < 4.78 is 45.2. The molecule has 0 aliphatic carbocycles. The third-order valence-electron chi connectivity index (χ3n) is 2.67. The number of para-hydroxylation sites is 1. The van der Waals surface area contributed by atoms with Crippen molar-refractivity contribution in [1.82, 2.24) is 0 Å². The SMILES string of the molecule is Cc1ccc(S(=O)(=O)OCP(=O)(O)Oc2ccccc2)cc1. The van der Waals surface area contributed by atoms with Crippen LogP contribution >= 0.6 is 7.60 Å². The fraction of sp³-hybridized carbons (Fsp3) is 0.143. The molecule has 22 heavy (non-hydrogen) atoms. The van der Waals surface area contributed by atoms with Crippen molar-refractivity contribution in [3.63, 3.8) is 0 Å². The minimum atomic E-state index is -4.24. The second-order valence-corrected chi connectivity index (χ2v) is 7.89. The topological polar surface area (TPSA) is 89.9 Å². The van der Waals surface area contributed by atoms with E-state index >= 15 is 0 Å². The molecule has 1 unspecified atom stereocenters. The Kier molecular flexibility index (Phi) is 5.03. The van der Waals surface area contributed by atoms with E-state index in [0.717, 1.165) is 5.56 Å². The van der Waals surface area contributed by atoms with Gasteiger partial charge in [-0.1, -0.05) is 35.9 Å². The third-order valence-corrected chi connectivity index (χ3v) is 5.08. The molecular weight excluding hydrogens is 327 g/mol. The van der Waals surface area contributed by atoms with Crippen molar-refractivity contribution in [2.24, 2.45) is 0 Å². The van der Waals surface area contributed by atoms with Gasteiger partial charge in [-0.25, -0.2) is 4.57 Å². The van der Waals surface area contributed by atoms with Crippen LogP contribution in [-0.4, -0.2) is 19.7 Å². The Morgan fingerprint density at radius 3 is 2.23 bits per heavy atom. The van der Waals surface area contributed by atoms with Crippen LogP contribution in [0, 0.1) is 6.92 Å². The Morgan fingerprint density at radius 2 is 1.64 bits per heavy atom. The number of hydrogen-bond acceptors (Lipinski definition) is 5. The minimum Gasteiger partial charge on any atom is -0.423 e. The van der Waals surface area contributed by atoms with E-state index in [-0.39, 0.29) is 10.6 Å². The van der Waals surface area contributed by atoms with Crippen molar-refractivity contribution < 1.29 is 26.6 Å². The van der Waals surface area contributed by atoms with Crippen molar-refractivity contribution in [2.45, 2.75) is 11.8 Å². The predicted octanol–water partition coefficient (Wildman–Crippen LogP) is 2.92. The molecule has 1 N–H and O–H groups in total. The highest BCUT2D eigenvalue weighted by atomic mass is 32.2. The Bertz CT molecular complexity index is 771. The van der Waals surface area contributed by atoms with E-state index in [9.17, 15) is 17.9 Å². The van der Waals surface area contributed by atoms with Crippen LogP contribution in [0.1, 0.15) is 5.56 Å². The first-order valence-corrected chi connectivity index (χ1v) is 9.48. The maximum atomic E-state index is 11.9. The Hall–Kier alpha value is -1.66. The summed E-state index contributed by atoms with van der Waals surface area (Å²) in [6.07, 6.45) is -0.960. The lowest BCUT2D eigenvalue weighted by molar-refractivity contribution is 0.306. The fourth-order valence-electron chi connectivity index (χ4n) is 1.58. The fourth-order valence-corrected chi connectivity index (χ4v) is 3.78. The van der Waals surface area contributed by atoms with Gasteiger partial charge in [0.05, 0.1) is 4.90 Å². The zero-order valence-electron chi connectivity index (χ0n) is 11.7. The Morgan fingerprint density at radius 1 is 1.05 bits per heavy atom. The normalized spacial score (nSPS) is 14.3. The van der Waals surface area contributed by atoms with Gasteiger partial charge in [0.15, 0.2) is 6.35 Å². The predicted molar refractivity (Wildman–Crippen MR) is 81.2 cm³/mol. The zero-order valence-corrected chi connectivity index (χ0v) is 13.5. The molecule has 0 radical (unpaired) electrons. The van der Waals surface area contributed by atoms with Crippen molar-refractivity contribution in [3.05, 3.63) is 60.2 Å². The molecule has 1 atom stereocenters. The highest BCUT2D eigenvalue weighted by molar-refractivity contribution is 7.87. The zero-order chi connectivity index (χ0) is 16.2. The molecule has 0 aromatic heterocycles. The highest BCUT2D eigenvalue weighted by Gasteiger charge is 2.26. The molecule has 2 aromatic rings. The molecule has 0 spiro atoms. The van der Waals surface area contributed by atoms with Crippen molar-refractivity contribution >= 4 is 17.7 Å². The minimum absolute atomic E-state index is 0.0854. The van der Waals surface area contributed by atoms with Gasteiger partial charge in [0.2, 0.25) is 0 Å². The summed E-state index contributed by atoms with van der Waals surface area (Å²) in [5.41, 5.74) is 0.888. The smallest absolute Gasteiger partial charge is 0.403 e. The molecule has 0 aliphatic heterocycles. The van der Waals surface area contributed by atoms with Crippen molar-refractivity contribution in [1.29, 1.82) is 0 Å². The van der Waals surface area contributed by atoms with Gasteiger partial charge >= 0.3 is 7.60 Å². The van der Waals surface area contributed by atoms with Crippen LogP contribution in [0.5, 0.6) is 5.75 Å². The number of benzene rings is 2. The summed E-state index contributed by atoms with van der Waals surface area (Å²) in [5.74, 6) is 0.157. The number of hydrogen-bond donors (Lipinski definition) is 1. The molecule has 0 saturated heterocycles. The molecule has 118 valence electrons. The monoisotopic (exact) mass is 342 g/mol. The average Bonchev–Trinajstić information content (AvgIpc) is 2.47. The first-order valence-electron chi connectivity index (χ1n) is 6.31. The summed E-state index contributed by atoms with van der Waals surface area (Å²) in [6.45, 7) is 1.81.